The molecule has 0 bridgehead atoms. The lowest BCUT2D eigenvalue weighted by Gasteiger charge is -2.00. The van der Waals surface area contributed by atoms with E-state index in [1.54, 1.807) is 22.8 Å². The van der Waals surface area contributed by atoms with Crippen molar-refractivity contribution in [2.75, 3.05) is 11.5 Å². The molecular formula is C10H12N4S. The van der Waals surface area contributed by atoms with Crippen LogP contribution in [0, 0.1) is 0 Å². The Labute approximate surface area is 92.5 Å². The standard InChI is InChI=1S/C10H12N4S/c11-10-12-8-14(13-10)6-7-15-9-4-2-1-3-5-9/h1-5,8H,6-7H2,(H2,11,13). The Morgan fingerprint density at radius 2 is 2.07 bits per heavy atom. The van der Waals surface area contributed by atoms with Crippen LogP contribution in [-0.4, -0.2) is 20.5 Å². The van der Waals surface area contributed by atoms with Gasteiger partial charge in [-0.1, -0.05) is 18.2 Å². The quantitative estimate of drug-likeness (QED) is 0.796. The molecule has 1 aromatic carbocycles. The molecule has 0 atom stereocenters. The average molecular weight is 220 g/mol. The van der Waals surface area contributed by atoms with Crippen LogP contribution in [0.1, 0.15) is 0 Å². The topological polar surface area (TPSA) is 56.7 Å². The highest BCUT2D eigenvalue weighted by molar-refractivity contribution is 7.99. The van der Waals surface area contributed by atoms with E-state index in [1.165, 1.54) is 4.90 Å². The van der Waals surface area contributed by atoms with Gasteiger partial charge in [0.2, 0.25) is 5.95 Å². The van der Waals surface area contributed by atoms with Crippen molar-refractivity contribution in [3.05, 3.63) is 36.7 Å². The van der Waals surface area contributed by atoms with Gasteiger partial charge in [0.25, 0.3) is 0 Å². The van der Waals surface area contributed by atoms with Crippen LogP contribution in [0.15, 0.2) is 41.6 Å². The van der Waals surface area contributed by atoms with Crippen molar-refractivity contribution < 1.29 is 0 Å². The summed E-state index contributed by atoms with van der Waals surface area (Å²) in [6.45, 7) is 0.823. The minimum atomic E-state index is 0.333. The highest BCUT2D eigenvalue weighted by Crippen LogP contribution is 2.16. The minimum Gasteiger partial charge on any atom is -0.367 e. The lowest BCUT2D eigenvalue weighted by Crippen LogP contribution is -2.01. The van der Waals surface area contributed by atoms with Gasteiger partial charge in [-0.25, -0.2) is 9.67 Å². The minimum absolute atomic E-state index is 0.333. The number of hydrogen-bond acceptors (Lipinski definition) is 4. The van der Waals surface area contributed by atoms with Crippen LogP contribution in [0.5, 0.6) is 0 Å². The number of rotatable bonds is 4. The molecule has 5 heteroatoms. The van der Waals surface area contributed by atoms with Gasteiger partial charge in [-0.15, -0.1) is 16.9 Å². The molecule has 0 saturated carbocycles. The van der Waals surface area contributed by atoms with E-state index in [2.05, 4.69) is 22.2 Å². The Kier molecular flexibility index (Phi) is 3.24. The summed E-state index contributed by atoms with van der Waals surface area (Å²) in [4.78, 5) is 5.13. The fourth-order valence-corrected chi connectivity index (χ4v) is 2.05. The number of aryl methyl sites for hydroxylation is 1. The van der Waals surface area contributed by atoms with Crippen LogP contribution >= 0.6 is 11.8 Å². The maximum atomic E-state index is 5.41. The van der Waals surface area contributed by atoms with E-state index >= 15 is 0 Å². The summed E-state index contributed by atoms with van der Waals surface area (Å²) in [7, 11) is 0. The lowest BCUT2D eigenvalue weighted by atomic mass is 10.4. The van der Waals surface area contributed by atoms with Crippen molar-refractivity contribution in [2.45, 2.75) is 11.4 Å². The van der Waals surface area contributed by atoms with Gasteiger partial charge in [0, 0.05) is 10.6 Å². The van der Waals surface area contributed by atoms with Gasteiger partial charge in [-0.3, -0.25) is 0 Å². The van der Waals surface area contributed by atoms with Crippen molar-refractivity contribution >= 4 is 17.7 Å². The Morgan fingerprint density at radius 1 is 1.27 bits per heavy atom. The smallest absolute Gasteiger partial charge is 0.239 e. The first-order valence-corrected chi connectivity index (χ1v) is 5.66. The first-order chi connectivity index (χ1) is 7.34. The number of nitrogens with zero attached hydrogens (tertiary/aromatic N) is 3. The Hall–Kier alpha value is -1.49. The summed E-state index contributed by atoms with van der Waals surface area (Å²) >= 11 is 1.80. The first kappa shape index (κ1) is 10.0. The van der Waals surface area contributed by atoms with Gasteiger partial charge < -0.3 is 5.73 Å². The molecule has 0 spiro atoms. The van der Waals surface area contributed by atoms with Crippen LogP contribution in [0.25, 0.3) is 0 Å². The molecule has 0 radical (unpaired) electrons. The molecule has 0 aliphatic carbocycles. The summed E-state index contributed by atoms with van der Waals surface area (Å²) < 4.78 is 1.76. The van der Waals surface area contributed by atoms with Gasteiger partial charge >= 0.3 is 0 Å². The van der Waals surface area contributed by atoms with E-state index in [1.807, 2.05) is 18.2 Å². The van der Waals surface area contributed by atoms with Crippen molar-refractivity contribution in [3.8, 4) is 0 Å². The summed E-state index contributed by atoms with van der Waals surface area (Å²) in [6, 6.07) is 10.3. The van der Waals surface area contributed by atoms with Crippen LogP contribution in [0.3, 0.4) is 0 Å². The third-order valence-corrected chi connectivity index (χ3v) is 2.88. The van der Waals surface area contributed by atoms with Crippen LogP contribution in [0.2, 0.25) is 0 Å². The molecule has 0 aliphatic heterocycles. The van der Waals surface area contributed by atoms with E-state index in [0.29, 0.717) is 5.95 Å². The predicted molar refractivity (Wildman–Crippen MR) is 61.6 cm³/mol. The fraction of sp³-hybridized carbons (Fsp3) is 0.200. The van der Waals surface area contributed by atoms with E-state index in [-0.39, 0.29) is 0 Å². The van der Waals surface area contributed by atoms with Gasteiger partial charge in [0.05, 0.1) is 6.54 Å². The highest BCUT2D eigenvalue weighted by atomic mass is 32.2. The van der Waals surface area contributed by atoms with Gasteiger partial charge in [0.1, 0.15) is 6.33 Å². The van der Waals surface area contributed by atoms with Crippen molar-refractivity contribution in [1.29, 1.82) is 0 Å². The van der Waals surface area contributed by atoms with E-state index < -0.39 is 0 Å². The fourth-order valence-electron chi connectivity index (χ4n) is 1.19. The Morgan fingerprint density at radius 3 is 2.73 bits per heavy atom. The predicted octanol–water partition coefficient (Wildman–Crippen LogP) is 1.65. The summed E-state index contributed by atoms with van der Waals surface area (Å²) in [5, 5.41) is 4.01. The van der Waals surface area contributed by atoms with E-state index in [4.69, 9.17) is 5.73 Å². The molecule has 0 saturated heterocycles. The number of aromatic nitrogens is 3. The molecule has 2 aromatic rings. The van der Waals surface area contributed by atoms with Crippen molar-refractivity contribution in [1.82, 2.24) is 14.8 Å². The molecule has 2 N–H and O–H groups in total. The largest absolute Gasteiger partial charge is 0.367 e. The number of thioether (sulfide) groups is 1. The Bertz CT molecular complexity index is 412. The van der Waals surface area contributed by atoms with E-state index in [9.17, 15) is 0 Å². The first-order valence-electron chi connectivity index (χ1n) is 4.67. The van der Waals surface area contributed by atoms with Crippen LogP contribution < -0.4 is 5.73 Å². The zero-order valence-corrected chi connectivity index (χ0v) is 9.02. The molecule has 0 unspecified atom stereocenters. The summed E-state index contributed by atoms with van der Waals surface area (Å²) in [5.74, 6) is 1.30. The second-order valence-corrected chi connectivity index (χ2v) is 4.20. The second-order valence-electron chi connectivity index (χ2n) is 3.03. The maximum Gasteiger partial charge on any atom is 0.239 e. The number of hydrogen-bond donors (Lipinski definition) is 1. The van der Waals surface area contributed by atoms with Gasteiger partial charge in [0.15, 0.2) is 0 Å². The SMILES string of the molecule is Nc1ncn(CCSc2ccccc2)n1. The molecule has 1 heterocycles. The number of anilines is 1. The zero-order valence-electron chi connectivity index (χ0n) is 8.21. The average Bonchev–Trinajstić information content (AvgIpc) is 2.66. The number of benzene rings is 1. The number of nitrogen functional groups attached to an aromatic ring is 1. The van der Waals surface area contributed by atoms with Crippen LogP contribution in [0.4, 0.5) is 5.95 Å². The monoisotopic (exact) mass is 220 g/mol. The molecule has 1 aromatic heterocycles. The van der Waals surface area contributed by atoms with Crippen molar-refractivity contribution in [3.63, 3.8) is 0 Å². The molecule has 0 aliphatic rings. The molecule has 78 valence electrons. The Balaban J connectivity index is 1.80. The lowest BCUT2D eigenvalue weighted by molar-refractivity contribution is 0.667. The maximum absolute atomic E-state index is 5.41. The molecule has 2 rings (SSSR count). The molecule has 15 heavy (non-hydrogen) atoms. The molecular weight excluding hydrogens is 208 g/mol. The summed E-state index contributed by atoms with van der Waals surface area (Å²) in [6.07, 6.45) is 1.65. The number of nitrogens with two attached hydrogens (primary N) is 1. The van der Waals surface area contributed by atoms with Crippen LogP contribution in [-0.2, 0) is 6.54 Å². The third-order valence-electron chi connectivity index (χ3n) is 1.89. The van der Waals surface area contributed by atoms with Crippen molar-refractivity contribution in [2.24, 2.45) is 0 Å². The van der Waals surface area contributed by atoms with Gasteiger partial charge in [-0.05, 0) is 12.1 Å². The highest BCUT2D eigenvalue weighted by Gasteiger charge is 1.96. The molecule has 0 amide bonds. The van der Waals surface area contributed by atoms with E-state index in [0.717, 1.165) is 12.3 Å². The third kappa shape index (κ3) is 2.99. The molecule has 4 nitrogen and oxygen atoms in total. The normalized spacial score (nSPS) is 10.4. The summed E-state index contributed by atoms with van der Waals surface area (Å²) in [5.41, 5.74) is 5.41. The van der Waals surface area contributed by atoms with Gasteiger partial charge in [-0.2, -0.15) is 0 Å². The zero-order chi connectivity index (χ0) is 10.5. The molecule has 0 fully saturated rings. The second kappa shape index (κ2) is 4.84.